The van der Waals surface area contributed by atoms with Crippen LogP contribution in [0.5, 0.6) is 5.75 Å². The van der Waals surface area contributed by atoms with E-state index < -0.39 is 0 Å². The van der Waals surface area contributed by atoms with Crippen LogP contribution in [0.4, 0.5) is 5.95 Å². The van der Waals surface area contributed by atoms with Gasteiger partial charge in [0.2, 0.25) is 5.95 Å². The number of anilines is 1. The van der Waals surface area contributed by atoms with Crippen molar-refractivity contribution in [3.05, 3.63) is 47.3 Å². The summed E-state index contributed by atoms with van der Waals surface area (Å²) in [6.45, 7) is 6.35. The molecule has 2 N–H and O–H groups in total. The standard InChI is InChI=1S/C20H26N4O2/c1-2-25-17-5-3-15(4-6-17)14-24-10-8-20(9-11-24)18-16(7-12-26-20)13-22-19(21)23-18/h3-6,13H,2,7-12,14H2,1H3,(H2,21,22,23). The van der Waals surface area contributed by atoms with Crippen molar-refractivity contribution in [2.75, 3.05) is 32.0 Å². The third kappa shape index (κ3) is 3.39. The van der Waals surface area contributed by atoms with Crippen LogP contribution in [0.25, 0.3) is 0 Å². The number of hydrogen-bond acceptors (Lipinski definition) is 6. The van der Waals surface area contributed by atoms with Gasteiger partial charge < -0.3 is 15.2 Å². The molecule has 138 valence electrons. The zero-order valence-corrected chi connectivity index (χ0v) is 15.3. The van der Waals surface area contributed by atoms with Gasteiger partial charge in [0, 0.05) is 25.8 Å². The Kier molecular flexibility index (Phi) is 4.78. The Morgan fingerprint density at radius 2 is 2.00 bits per heavy atom. The highest BCUT2D eigenvalue weighted by atomic mass is 16.5. The molecule has 2 aliphatic heterocycles. The first kappa shape index (κ1) is 17.2. The van der Waals surface area contributed by atoms with Gasteiger partial charge in [-0.1, -0.05) is 12.1 Å². The van der Waals surface area contributed by atoms with E-state index in [1.807, 2.05) is 25.3 Å². The summed E-state index contributed by atoms with van der Waals surface area (Å²) in [4.78, 5) is 11.2. The van der Waals surface area contributed by atoms with E-state index in [2.05, 4.69) is 27.0 Å². The van der Waals surface area contributed by atoms with Crippen molar-refractivity contribution in [3.63, 3.8) is 0 Å². The Balaban J connectivity index is 1.42. The first-order valence-electron chi connectivity index (χ1n) is 9.38. The molecule has 0 unspecified atom stereocenters. The molecular weight excluding hydrogens is 328 g/mol. The van der Waals surface area contributed by atoms with Gasteiger partial charge in [0.25, 0.3) is 0 Å². The van der Waals surface area contributed by atoms with Crippen LogP contribution in [0.3, 0.4) is 0 Å². The molecule has 1 aromatic heterocycles. The summed E-state index contributed by atoms with van der Waals surface area (Å²) in [7, 11) is 0. The van der Waals surface area contributed by atoms with Crippen LogP contribution >= 0.6 is 0 Å². The molecule has 0 amide bonds. The number of nitrogen functional groups attached to an aromatic ring is 1. The molecule has 2 aliphatic rings. The Morgan fingerprint density at radius 1 is 1.23 bits per heavy atom. The van der Waals surface area contributed by atoms with E-state index in [0.29, 0.717) is 12.6 Å². The normalized spacial score (nSPS) is 19.3. The van der Waals surface area contributed by atoms with Crippen molar-refractivity contribution in [3.8, 4) is 5.75 Å². The van der Waals surface area contributed by atoms with Crippen LogP contribution < -0.4 is 10.5 Å². The number of nitrogens with two attached hydrogens (primary N) is 1. The van der Waals surface area contributed by atoms with E-state index in [0.717, 1.165) is 56.9 Å². The quantitative estimate of drug-likeness (QED) is 0.909. The van der Waals surface area contributed by atoms with Crippen molar-refractivity contribution in [1.82, 2.24) is 14.9 Å². The number of rotatable bonds is 4. The van der Waals surface area contributed by atoms with Crippen molar-refractivity contribution >= 4 is 5.95 Å². The van der Waals surface area contributed by atoms with E-state index in [4.69, 9.17) is 15.2 Å². The largest absolute Gasteiger partial charge is 0.494 e. The molecule has 0 radical (unpaired) electrons. The van der Waals surface area contributed by atoms with Gasteiger partial charge in [0.05, 0.1) is 18.9 Å². The maximum absolute atomic E-state index is 6.24. The lowest BCUT2D eigenvalue weighted by molar-refractivity contribution is -0.102. The average Bonchev–Trinajstić information content (AvgIpc) is 2.66. The number of piperidine rings is 1. The van der Waals surface area contributed by atoms with Crippen LogP contribution in [-0.2, 0) is 23.3 Å². The van der Waals surface area contributed by atoms with Gasteiger partial charge in [-0.2, -0.15) is 0 Å². The fourth-order valence-electron chi connectivity index (χ4n) is 3.99. The molecule has 1 saturated heterocycles. The minimum absolute atomic E-state index is 0.292. The third-order valence-electron chi connectivity index (χ3n) is 5.37. The molecule has 1 spiro atoms. The Hall–Kier alpha value is -2.18. The summed E-state index contributed by atoms with van der Waals surface area (Å²) in [5.41, 5.74) is 9.05. The molecule has 1 fully saturated rings. The molecule has 3 heterocycles. The smallest absolute Gasteiger partial charge is 0.220 e. The van der Waals surface area contributed by atoms with Gasteiger partial charge in [-0.25, -0.2) is 9.97 Å². The molecule has 0 aliphatic carbocycles. The van der Waals surface area contributed by atoms with Crippen LogP contribution in [0.1, 0.15) is 36.6 Å². The molecule has 0 bridgehead atoms. The number of aromatic nitrogens is 2. The summed E-state index contributed by atoms with van der Waals surface area (Å²) < 4.78 is 11.8. The molecular formula is C20H26N4O2. The average molecular weight is 354 g/mol. The molecule has 26 heavy (non-hydrogen) atoms. The highest BCUT2D eigenvalue weighted by Crippen LogP contribution is 2.40. The fourth-order valence-corrected chi connectivity index (χ4v) is 3.99. The van der Waals surface area contributed by atoms with Crippen molar-refractivity contribution in [2.45, 2.75) is 38.3 Å². The molecule has 6 heteroatoms. The monoisotopic (exact) mass is 354 g/mol. The van der Waals surface area contributed by atoms with Gasteiger partial charge in [0.1, 0.15) is 11.4 Å². The van der Waals surface area contributed by atoms with E-state index in [-0.39, 0.29) is 5.60 Å². The van der Waals surface area contributed by atoms with Gasteiger partial charge in [0.15, 0.2) is 0 Å². The number of benzene rings is 1. The minimum Gasteiger partial charge on any atom is -0.494 e. The Bertz CT molecular complexity index is 755. The number of fused-ring (bicyclic) bond motifs is 2. The van der Waals surface area contributed by atoms with Gasteiger partial charge >= 0.3 is 0 Å². The third-order valence-corrected chi connectivity index (χ3v) is 5.37. The van der Waals surface area contributed by atoms with Crippen LogP contribution in [0, 0.1) is 0 Å². The van der Waals surface area contributed by atoms with Crippen LogP contribution in [0.2, 0.25) is 0 Å². The Labute approximate surface area is 154 Å². The zero-order valence-electron chi connectivity index (χ0n) is 15.3. The van der Waals surface area contributed by atoms with Gasteiger partial charge in [-0.15, -0.1) is 0 Å². The van der Waals surface area contributed by atoms with Crippen molar-refractivity contribution in [1.29, 1.82) is 0 Å². The molecule has 6 nitrogen and oxygen atoms in total. The lowest BCUT2D eigenvalue weighted by Crippen LogP contribution is -2.47. The predicted octanol–water partition coefficient (Wildman–Crippen LogP) is 2.52. The number of likely N-dealkylation sites (tertiary alicyclic amines) is 1. The molecule has 2 aromatic rings. The fraction of sp³-hybridized carbons (Fsp3) is 0.500. The molecule has 0 atom stereocenters. The second-order valence-electron chi connectivity index (χ2n) is 7.05. The first-order valence-corrected chi connectivity index (χ1v) is 9.38. The maximum Gasteiger partial charge on any atom is 0.220 e. The zero-order chi connectivity index (χ0) is 18.0. The van der Waals surface area contributed by atoms with Crippen molar-refractivity contribution in [2.24, 2.45) is 0 Å². The summed E-state index contributed by atoms with van der Waals surface area (Å²) in [6.07, 6.45) is 4.61. The Morgan fingerprint density at radius 3 is 2.73 bits per heavy atom. The van der Waals surface area contributed by atoms with Gasteiger partial charge in [-0.3, -0.25) is 4.90 Å². The van der Waals surface area contributed by atoms with E-state index >= 15 is 0 Å². The van der Waals surface area contributed by atoms with E-state index in [1.54, 1.807) is 0 Å². The van der Waals surface area contributed by atoms with E-state index in [1.165, 1.54) is 11.1 Å². The van der Waals surface area contributed by atoms with Crippen LogP contribution in [0.15, 0.2) is 30.5 Å². The predicted molar refractivity (Wildman–Crippen MR) is 99.9 cm³/mol. The minimum atomic E-state index is -0.292. The lowest BCUT2D eigenvalue weighted by Gasteiger charge is -2.44. The summed E-state index contributed by atoms with van der Waals surface area (Å²) in [5.74, 6) is 1.27. The number of hydrogen-bond donors (Lipinski definition) is 1. The summed E-state index contributed by atoms with van der Waals surface area (Å²) in [6, 6.07) is 8.39. The lowest BCUT2D eigenvalue weighted by atomic mass is 9.83. The second kappa shape index (κ2) is 7.21. The van der Waals surface area contributed by atoms with Gasteiger partial charge in [-0.05, 0) is 49.4 Å². The van der Waals surface area contributed by atoms with Crippen molar-refractivity contribution < 1.29 is 9.47 Å². The SMILES string of the molecule is CCOc1ccc(CN2CCC3(CC2)OCCc2cnc(N)nc23)cc1. The topological polar surface area (TPSA) is 73.5 Å². The van der Waals surface area contributed by atoms with E-state index in [9.17, 15) is 0 Å². The number of nitrogens with zero attached hydrogens (tertiary/aromatic N) is 3. The molecule has 0 saturated carbocycles. The molecule has 1 aromatic carbocycles. The summed E-state index contributed by atoms with van der Waals surface area (Å²) in [5, 5.41) is 0. The molecule has 4 rings (SSSR count). The summed E-state index contributed by atoms with van der Waals surface area (Å²) >= 11 is 0. The highest BCUT2D eigenvalue weighted by Gasteiger charge is 2.42. The maximum atomic E-state index is 6.24. The highest BCUT2D eigenvalue weighted by molar-refractivity contribution is 5.32. The number of ether oxygens (including phenoxy) is 2. The second-order valence-corrected chi connectivity index (χ2v) is 7.05. The van der Waals surface area contributed by atoms with Crippen LogP contribution in [-0.4, -0.2) is 41.2 Å². The first-order chi connectivity index (χ1) is 12.7.